The number of rotatable bonds is 13. The van der Waals surface area contributed by atoms with Gasteiger partial charge in [-0.05, 0) is 31.4 Å². The van der Waals surface area contributed by atoms with Crippen molar-refractivity contribution >= 4 is 40.5 Å². The first-order valence-electron chi connectivity index (χ1n) is 10.9. The van der Waals surface area contributed by atoms with E-state index in [1.165, 1.54) is 6.92 Å². The molecule has 0 fully saturated rings. The highest BCUT2D eigenvalue weighted by Crippen LogP contribution is 2.18. The molecule has 1 heterocycles. The number of aliphatic hydroxyl groups is 1. The lowest BCUT2D eigenvalue weighted by molar-refractivity contribution is -0.142. The number of primary amides is 1. The molecule has 0 aliphatic heterocycles. The van der Waals surface area contributed by atoms with Crippen LogP contribution in [0, 0.1) is 0 Å². The summed E-state index contributed by atoms with van der Waals surface area (Å²) in [6, 6.07) is 3.68. The Balaban J connectivity index is 1.91. The van der Waals surface area contributed by atoms with E-state index in [1.807, 2.05) is 24.3 Å². The minimum absolute atomic E-state index is 0.175. The number of carbonyl (C=O) groups excluding carboxylic acids is 4. The minimum atomic E-state index is -1.41. The van der Waals surface area contributed by atoms with Gasteiger partial charge >= 0.3 is 5.97 Å². The highest BCUT2D eigenvalue weighted by atomic mass is 16.4. The summed E-state index contributed by atoms with van der Waals surface area (Å²) >= 11 is 0. The molecule has 10 N–H and O–H groups in total. The van der Waals surface area contributed by atoms with Gasteiger partial charge in [-0.1, -0.05) is 18.2 Å². The van der Waals surface area contributed by atoms with Crippen LogP contribution in [-0.4, -0.2) is 75.6 Å². The van der Waals surface area contributed by atoms with Crippen LogP contribution in [0.3, 0.4) is 0 Å². The largest absolute Gasteiger partial charge is 0.480 e. The molecule has 4 unspecified atom stereocenters. The lowest BCUT2D eigenvalue weighted by atomic mass is 10.0. The zero-order valence-corrected chi connectivity index (χ0v) is 19.1. The van der Waals surface area contributed by atoms with Gasteiger partial charge in [-0.2, -0.15) is 0 Å². The molecule has 1 aromatic carbocycles. The summed E-state index contributed by atoms with van der Waals surface area (Å²) in [5.74, 6) is -4.49. The van der Waals surface area contributed by atoms with Crippen LogP contribution in [0.2, 0.25) is 0 Å². The first-order valence-corrected chi connectivity index (χ1v) is 10.9. The molecule has 1 aromatic heterocycles. The lowest BCUT2D eigenvalue weighted by Crippen LogP contribution is -2.57. The average molecular weight is 491 g/mol. The number of carboxylic acid groups (broad SMARTS) is 1. The number of hydrogen-bond acceptors (Lipinski definition) is 7. The van der Waals surface area contributed by atoms with E-state index in [4.69, 9.17) is 16.6 Å². The number of benzene rings is 1. The van der Waals surface area contributed by atoms with Crippen molar-refractivity contribution in [3.63, 3.8) is 0 Å². The van der Waals surface area contributed by atoms with Crippen molar-refractivity contribution in [3.8, 4) is 0 Å². The second kappa shape index (κ2) is 12.5. The number of amides is 4. The van der Waals surface area contributed by atoms with Crippen molar-refractivity contribution in [3.05, 3.63) is 36.0 Å². The normalized spacial score (nSPS) is 14.4. The van der Waals surface area contributed by atoms with Crippen molar-refractivity contribution in [1.82, 2.24) is 20.9 Å². The predicted molar refractivity (Wildman–Crippen MR) is 125 cm³/mol. The third-order valence-electron chi connectivity index (χ3n) is 5.25. The number of para-hydroxylation sites is 1. The summed E-state index contributed by atoms with van der Waals surface area (Å²) in [6.45, 7) is 0.653. The molecule has 13 heteroatoms. The van der Waals surface area contributed by atoms with E-state index >= 15 is 0 Å². The summed E-state index contributed by atoms with van der Waals surface area (Å²) in [4.78, 5) is 62.2. The van der Waals surface area contributed by atoms with Gasteiger partial charge < -0.3 is 42.6 Å². The fourth-order valence-electron chi connectivity index (χ4n) is 3.36. The molecule has 0 aliphatic rings. The average Bonchev–Trinajstić information content (AvgIpc) is 3.20. The minimum Gasteiger partial charge on any atom is -0.480 e. The molecule has 2 rings (SSSR count). The highest BCUT2D eigenvalue weighted by molar-refractivity contribution is 5.93. The molecule has 190 valence electrons. The molecule has 0 radical (unpaired) electrons. The van der Waals surface area contributed by atoms with Gasteiger partial charge in [-0.3, -0.25) is 19.2 Å². The van der Waals surface area contributed by atoms with Crippen LogP contribution < -0.4 is 27.4 Å². The molecular formula is C22H30N6O7. The Bertz CT molecular complexity index is 1080. The Hall–Kier alpha value is -3.97. The van der Waals surface area contributed by atoms with Gasteiger partial charge in [0.05, 0.1) is 18.7 Å². The Morgan fingerprint density at radius 2 is 1.77 bits per heavy atom. The summed E-state index contributed by atoms with van der Waals surface area (Å²) in [7, 11) is 0. The fourth-order valence-corrected chi connectivity index (χ4v) is 3.36. The van der Waals surface area contributed by atoms with Crippen molar-refractivity contribution in [1.29, 1.82) is 0 Å². The van der Waals surface area contributed by atoms with Crippen LogP contribution in [0.4, 0.5) is 0 Å². The molecule has 0 bridgehead atoms. The molecule has 0 saturated carbocycles. The Labute approximate surface area is 200 Å². The monoisotopic (exact) mass is 490 g/mol. The number of aromatic amines is 1. The van der Waals surface area contributed by atoms with Crippen LogP contribution in [-0.2, 0) is 30.4 Å². The third kappa shape index (κ3) is 8.08. The fraction of sp³-hybridized carbons (Fsp3) is 0.409. The number of aromatic nitrogens is 1. The quantitative estimate of drug-likeness (QED) is 0.154. The van der Waals surface area contributed by atoms with Gasteiger partial charge in [-0.15, -0.1) is 0 Å². The van der Waals surface area contributed by atoms with Crippen LogP contribution >= 0.6 is 0 Å². The summed E-state index contributed by atoms with van der Waals surface area (Å²) in [5.41, 5.74) is 12.7. The molecule has 35 heavy (non-hydrogen) atoms. The van der Waals surface area contributed by atoms with Gasteiger partial charge in [0.15, 0.2) is 0 Å². The van der Waals surface area contributed by atoms with Crippen LogP contribution in [0.5, 0.6) is 0 Å². The number of nitrogens with two attached hydrogens (primary N) is 2. The molecule has 0 saturated heterocycles. The van der Waals surface area contributed by atoms with E-state index < -0.39 is 60.4 Å². The number of aliphatic carboxylic acids is 1. The van der Waals surface area contributed by atoms with E-state index in [1.54, 1.807) is 6.20 Å². The van der Waals surface area contributed by atoms with E-state index in [0.29, 0.717) is 0 Å². The van der Waals surface area contributed by atoms with Gasteiger partial charge in [0.2, 0.25) is 23.6 Å². The molecule has 4 atom stereocenters. The van der Waals surface area contributed by atoms with E-state index in [2.05, 4.69) is 20.9 Å². The summed E-state index contributed by atoms with van der Waals surface area (Å²) in [6.07, 6.45) is 0.130. The SMILES string of the molecule is CC(O)C(NC(=O)C(N)Cc1c[nH]c2ccccc12)C(=O)NCC(=O)NC(CCC(N)=O)C(=O)O. The Morgan fingerprint density at radius 1 is 1.09 bits per heavy atom. The molecule has 0 spiro atoms. The van der Waals surface area contributed by atoms with E-state index in [0.717, 1.165) is 16.5 Å². The number of aliphatic hydroxyl groups excluding tert-OH is 1. The number of carbonyl (C=O) groups is 5. The van der Waals surface area contributed by atoms with Gasteiger partial charge in [-0.25, -0.2) is 4.79 Å². The molecule has 2 aromatic rings. The number of hydrogen-bond donors (Lipinski definition) is 8. The van der Waals surface area contributed by atoms with Crippen LogP contribution in [0.25, 0.3) is 10.9 Å². The van der Waals surface area contributed by atoms with E-state index in [9.17, 15) is 29.1 Å². The number of nitrogens with one attached hydrogen (secondary N) is 4. The van der Waals surface area contributed by atoms with Crippen molar-refractivity contribution in [2.45, 2.75) is 50.4 Å². The first kappa shape index (κ1) is 27.3. The maximum Gasteiger partial charge on any atom is 0.326 e. The number of carboxylic acids is 1. The van der Waals surface area contributed by atoms with Crippen LogP contribution in [0.1, 0.15) is 25.3 Å². The van der Waals surface area contributed by atoms with Crippen molar-refractivity contribution in [2.24, 2.45) is 11.5 Å². The van der Waals surface area contributed by atoms with Gasteiger partial charge in [0, 0.05) is 23.5 Å². The number of fused-ring (bicyclic) bond motifs is 1. The molecule has 0 aliphatic carbocycles. The zero-order valence-electron chi connectivity index (χ0n) is 19.1. The summed E-state index contributed by atoms with van der Waals surface area (Å²) in [5, 5.41) is 26.8. The summed E-state index contributed by atoms with van der Waals surface area (Å²) < 4.78 is 0. The standard InChI is InChI=1S/C22H30N6O7/c1-11(29)19(21(33)26-10-18(31)27-16(22(34)35)6-7-17(24)30)28-20(32)14(23)8-12-9-25-15-5-3-2-4-13(12)15/h2-5,9,11,14,16,19,25,29H,6-8,10,23H2,1H3,(H2,24,30)(H,26,33)(H,27,31)(H,28,32)(H,34,35). The second-order valence-electron chi connectivity index (χ2n) is 8.08. The van der Waals surface area contributed by atoms with Crippen molar-refractivity contribution < 1.29 is 34.2 Å². The molecular weight excluding hydrogens is 460 g/mol. The first-order chi connectivity index (χ1) is 16.5. The maximum atomic E-state index is 12.6. The zero-order chi connectivity index (χ0) is 26.1. The highest BCUT2D eigenvalue weighted by Gasteiger charge is 2.29. The van der Waals surface area contributed by atoms with Crippen LogP contribution in [0.15, 0.2) is 30.5 Å². The molecule has 13 nitrogen and oxygen atoms in total. The second-order valence-corrected chi connectivity index (χ2v) is 8.08. The maximum absolute atomic E-state index is 12.6. The topological polar surface area (TPSA) is 230 Å². The predicted octanol–water partition coefficient (Wildman–Crippen LogP) is -2.15. The smallest absolute Gasteiger partial charge is 0.326 e. The van der Waals surface area contributed by atoms with Gasteiger partial charge in [0.1, 0.15) is 12.1 Å². The lowest BCUT2D eigenvalue weighted by Gasteiger charge is -2.23. The third-order valence-corrected chi connectivity index (χ3v) is 5.25. The molecule has 4 amide bonds. The van der Waals surface area contributed by atoms with E-state index in [-0.39, 0.29) is 19.3 Å². The van der Waals surface area contributed by atoms with Crippen molar-refractivity contribution in [2.75, 3.05) is 6.54 Å². The van der Waals surface area contributed by atoms with Gasteiger partial charge in [0.25, 0.3) is 0 Å². The Morgan fingerprint density at radius 3 is 2.40 bits per heavy atom. The number of H-pyrrole nitrogens is 1. The Kier molecular flexibility index (Phi) is 9.73.